The summed E-state index contributed by atoms with van der Waals surface area (Å²) in [6, 6.07) is 4.05. The van der Waals surface area contributed by atoms with E-state index >= 15 is 0 Å². The average molecular weight is 300 g/mol. The Bertz CT molecular complexity index is 589. The van der Waals surface area contributed by atoms with Crippen molar-refractivity contribution in [2.75, 3.05) is 5.32 Å². The van der Waals surface area contributed by atoms with Gasteiger partial charge in [0.1, 0.15) is 5.76 Å². The Labute approximate surface area is 129 Å². The van der Waals surface area contributed by atoms with E-state index in [1.54, 1.807) is 24.7 Å². The highest BCUT2D eigenvalue weighted by atomic mass is 16.3. The van der Waals surface area contributed by atoms with Crippen LogP contribution in [-0.2, 0) is 6.54 Å². The van der Waals surface area contributed by atoms with Gasteiger partial charge in [-0.2, -0.15) is 0 Å². The molecule has 6 nitrogen and oxygen atoms in total. The quantitative estimate of drug-likeness (QED) is 0.887. The third-order valence-electron chi connectivity index (χ3n) is 3.86. The molecule has 0 aliphatic heterocycles. The number of hydrogen-bond acceptors (Lipinski definition) is 5. The first-order valence-corrected chi connectivity index (χ1v) is 7.70. The molecule has 0 aromatic carbocycles. The SMILES string of the molecule is O=C(NCc1ccco1)c1cnc(NC2CCCCC2)nc1. The molecule has 1 amide bonds. The van der Waals surface area contributed by atoms with Crippen LogP contribution in [0.15, 0.2) is 35.2 Å². The van der Waals surface area contributed by atoms with Gasteiger partial charge < -0.3 is 15.1 Å². The maximum absolute atomic E-state index is 12.0. The minimum absolute atomic E-state index is 0.208. The Morgan fingerprint density at radius 3 is 2.68 bits per heavy atom. The lowest BCUT2D eigenvalue weighted by Gasteiger charge is -2.22. The number of anilines is 1. The smallest absolute Gasteiger partial charge is 0.254 e. The van der Waals surface area contributed by atoms with Crippen molar-refractivity contribution in [3.8, 4) is 0 Å². The molecule has 2 N–H and O–H groups in total. The van der Waals surface area contributed by atoms with Gasteiger partial charge in [-0.05, 0) is 25.0 Å². The summed E-state index contributed by atoms with van der Waals surface area (Å²) in [6.07, 6.45) is 10.8. The standard InChI is InChI=1S/C16H20N4O2/c21-15(17-11-14-7-4-8-22-14)12-9-18-16(19-10-12)20-13-5-2-1-3-6-13/h4,7-10,13H,1-3,5-6,11H2,(H,17,21)(H,18,19,20). The number of nitrogens with zero attached hydrogens (tertiary/aromatic N) is 2. The van der Waals surface area contributed by atoms with E-state index < -0.39 is 0 Å². The first-order valence-electron chi connectivity index (χ1n) is 7.70. The van der Waals surface area contributed by atoms with E-state index in [4.69, 9.17) is 4.42 Å². The van der Waals surface area contributed by atoms with E-state index in [2.05, 4.69) is 20.6 Å². The van der Waals surface area contributed by atoms with E-state index in [1.807, 2.05) is 6.07 Å². The molecule has 0 saturated heterocycles. The number of hydrogen-bond donors (Lipinski definition) is 2. The summed E-state index contributed by atoms with van der Waals surface area (Å²) in [5.74, 6) is 1.10. The molecule has 1 fully saturated rings. The minimum Gasteiger partial charge on any atom is -0.467 e. The van der Waals surface area contributed by atoms with Gasteiger partial charge in [0.25, 0.3) is 5.91 Å². The maximum Gasteiger partial charge on any atom is 0.254 e. The molecule has 3 rings (SSSR count). The van der Waals surface area contributed by atoms with Crippen molar-refractivity contribution in [1.29, 1.82) is 0 Å². The summed E-state index contributed by atoms with van der Waals surface area (Å²) in [5, 5.41) is 6.10. The number of furan rings is 1. The van der Waals surface area contributed by atoms with Gasteiger partial charge in [0.05, 0.1) is 18.4 Å². The van der Waals surface area contributed by atoms with Crippen molar-refractivity contribution < 1.29 is 9.21 Å². The summed E-state index contributed by atoms with van der Waals surface area (Å²) in [5.41, 5.74) is 0.445. The van der Waals surface area contributed by atoms with Crippen LogP contribution in [0, 0.1) is 0 Å². The predicted molar refractivity (Wildman–Crippen MR) is 82.4 cm³/mol. The number of rotatable bonds is 5. The van der Waals surface area contributed by atoms with Crippen LogP contribution in [0.3, 0.4) is 0 Å². The molecule has 2 heterocycles. The molecule has 1 aliphatic carbocycles. The van der Waals surface area contributed by atoms with E-state index in [1.165, 1.54) is 19.3 Å². The highest BCUT2D eigenvalue weighted by molar-refractivity contribution is 5.93. The molecule has 0 bridgehead atoms. The topological polar surface area (TPSA) is 80.0 Å². The molecular weight excluding hydrogens is 280 g/mol. The van der Waals surface area contributed by atoms with Crippen molar-refractivity contribution in [1.82, 2.24) is 15.3 Å². The zero-order chi connectivity index (χ0) is 15.2. The minimum atomic E-state index is -0.208. The van der Waals surface area contributed by atoms with Gasteiger partial charge >= 0.3 is 0 Å². The Kier molecular flexibility index (Phi) is 4.68. The predicted octanol–water partition coefficient (Wildman–Crippen LogP) is 2.74. The second-order valence-corrected chi connectivity index (χ2v) is 5.54. The van der Waals surface area contributed by atoms with E-state index in [0.717, 1.165) is 12.8 Å². The van der Waals surface area contributed by atoms with E-state index in [9.17, 15) is 4.79 Å². The van der Waals surface area contributed by atoms with Gasteiger partial charge in [-0.3, -0.25) is 4.79 Å². The molecule has 2 aromatic heterocycles. The number of aromatic nitrogens is 2. The molecule has 6 heteroatoms. The molecule has 2 aromatic rings. The first kappa shape index (κ1) is 14.6. The van der Waals surface area contributed by atoms with Crippen molar-refractivity contribution in [3.05, 3.63) is 42.1 Å². The Hall–Kier alpha value is -2.37. The fourth-order valence-electron chi connectivity index (χ4n) is 2.63. The summed E-state index contributed by atoms with van der Waals surface area (Å²) in [4.78, 5) is 20.5. The monoisotopic (exact) mass is 300 g/mol. The summed E-state index contributed by atoms with van der Waals surface area (Å²) in [7, 11) is 0. The van der Waals surface area contributed by atoms with Crippen molar-refractivity contribution in [2.24, 2.45) is 0 Å². The van der Waals surface area contributed by atoms with Crippen molar-refractivity contribution in [2.45, 2.75) is 44.7 Å². The van der Waals surface area contributed by atoms with E-state index in [-0.39, 0.29) is 5.91 Å². The second-order valence-electron chi connectivity index (χ2n) is 5.54. The molecule has 116 valence electrons. The normalized spacial score (nSPS) is 15.5. The number of amides is 1. The molecule has 0 spiro atoms. The fourth-order valence-corrected chi connectivity index (χ4v) is 2.63. The fraction of sp³-hybridized carbons (Fsp3) is 0.438. The number of carbonyl (C=O) groups is 1. The van der Waals surface area contributed by atoms with Gasteiger partial charge in [0.2, 0.25) is 5.95 Å². The van der Waals surface area contributed by atoms with Crippen LogP contribution < -0.4 is 10.6 Å². The van der Waals surface area contributed by atoms with Crippen LogP contribution in [0.2, 0.25) is 0 Å². The zero-order valence-electron chi connectivity index (χ0n) is 12.4. The number of carbonyl (C=O) groups excluding carboxylic acids is 1. The lowest BCUT2D eigenvalue weighted by atomic mass is 9.96. The van der Waals surface area contributed by atoms with Crippen molar-refractivity contribution >= 4 is 11.9 Å². The lowest BCUT2D eigenvalue weighted by molar-refractivity contribution is 0.0947. The Morgan fingerprint density at radius 1 is 1.23 bits per heavy atom. The van der Waals surface area contributed by atoms with Crippen LogP contribution in [0.4, 0.5) is 5.95 Å². The van der Waals surface area contributed by atoms with Gasteiger partial charge in [-0.25, -0.2) is 9.97 Å². The van der Waals surface area contributed by atoms with Gasteiger partial charge in [0.15, 0.2) is 0 Å². The second kappa shape index (κ2) is 7.06. The Morgan fingerprint density at radius 2 is 2.00 bits per heavy atom. The van der Waals surface area contributed by atoms with Crippen LogP contribution in [-0.4, -0.2) is 21.9 Å². The van der Waals surface area contributed by atoms with Crippen LogP contribution >= 0.6 is 0 Å². The summed E-state index contributed by atoms with van der Waals surface area (Å²) < 4.78 is 5.17. The average Bonchev–Trinajstić information content (AvgIpc) is 3.08. The van der Waals surface area contributed by atoms with E-state index in [0.29, 0.717) is 29.9 Å². The molecule has 1 saturated carbocycles. The highest BCUT2D eigenvalue weighted by Gasteiger charge is 2.14. The van der Waals surface area contributed by atoms with Gasteiger partial charge in [-0.1, -0.05) is 19.3 Å². The summed E-state index contributed by atoms with van der Waals surface area (Å²) >= 11 is 0. The van der Waals surface area contributed by atoms with Crippen LogP contribution in [0.1, 0.15) is 48.2 Å². The third-order valence-corrected chi connectivity index (χ3v) is 3.86. The molecule has 0 radical (unpaired) electrons. The van der Waals surface area contributed by atoms with Crippen molar-refractivity contribution in [3.63, 3.8) is 0 Å². The molecule has 0 atom stereocenters. The molecule has 22 heavy (non-hydrogen) atoms. The Balaban J connectivity index is 1.52. The third kappa shape index (κ3) is 3.84. The van der Waals surface area contributed by atoms with Crippen LogP contribution in [0.25, 0.3) is 0 Å². The lowest BCUT2D eigenvalue weighted by Crippen LogP contribution is -2.25. The molecule has 0 unspecified atom stereocenters. The largest absolute Gasteiger partial charge is 0.467 e. The highest BCUT2D eigenvalue weighted by Crippen LogP contribution is 2.19. The molecular formula is C16H20N4O2. The number of nitrogens with one attached hydrogen (secondary N) is 2. The molecule has 1 aliphatic rings. The van der Waals surface area contributed by atoms with Gasteiger partial charge in [0, 0.05) is 18.4 Å². The van der Waals surface area contributed by atoms with Crippen LogP contribution in [0.5, 0.6) is 0 Å². The zero-order valence-corrected chi connectivity index (χ0v) is 12.4. The van der Waals surface area contributed by atoms with Gasteiger partial charge in [-0.15, -0.1) is 0 Å². The maximum atomic E-state index is 12.0. The first-order chi connectivity index (χ1) is 10.8. The summed E-state index contributed by atoms with van der Waals surface area (Å²) in [6.45, 7) is 0.355.